The van der Waals surface area contributed by atoms with Crippen molar-refractivity contribution in [2.24, 2.45) is 5.84 Å². The third kappa shape index (κ3) is 3.81. The largest absolute Gasteiger partial charge is 0.497 e. The lowest BCUT2D eigenvalue weighted by atomic mass is 10.1. The van der Waals surface area contributed by atoms with Gasteiger partial charge in [0.05, 0.1) is 20.3 Å². The Labute approximate surface area is 125 Å². The first kappa shape index (κ1) is 15.5. The maximum Gasteiger partial charge on any atom is 0.123 e. The first-order valence-electron chi connectivity index (χ1n) is 7.08. The molecule has 1 saturated carbocycles. The normalized spacial score (nSPS) is 17.1. The maximum absolute atomic E-state index is 5.74. The Morgan fingerprint density at radius 1 is 1.30 bits per heavy atom. The lowest BCUT2D eigenvalue weighted by Crippen LogP contribution is -2.30. The van der Waals surface area contributed by atoms with Crippen LogP contribution in [0.2, 0.25) is 0 Å². The molecule has 0 amide bonds. The summed E-state index contributed by atoms with van der Waals surface area (Å²) in [5, 5.41) is 0.780. The van der Waals surface area contributed by atoms with Crippen LogP contribution in [0.25, 0.3) is 0 Å². The van der Waals surface area contributed by atoms with E-state index in [4.69, 9.17) is 15.3 Å². The third-order valence-corrected chi connectivity index (χ3v) is 5.28. The van der Waals surface area contributed by atoms with E-state index < -0.39 is 0 Å². The molecule has 1 atom stereocenters. The van der Waals surface area contributed by atoms with Gasteiger partial charge in [0.1, 0.15) is 11.5 Å². The van der Waals surface area contributed by atoms with Crippen LogP contribution in [0.15, 0.2) is 18.2 Å². The Morgan fingerprint density at radius 2 is 2.05 bits per heavy atom. The van der Waals surface area contributed by atoms with Crippen LogP contribution in [0.4, 0.5) is 0 Å². The minimum absolute atomic E-state index is 0.0747. The van der Waals surface area contributed by atoms with Gasteiger partial charge in [-0.3, -0.25) is 11.3 Å². The van der Waals surface area contributed by atoms with Crippen molar-refractivity contribution < 1.29 is 9.47 Å². The van der Waals surface area contributed by atoms with Gasteiger partial charge in [0.2, 0.25) is 0 Å². The van der Waals surface area contributed by atoms with E-state index in [-0.39, 0.29) is 6.04 Å². The first-order valence-corrected chi connectivity index (χ1v) is 8.13. The molecule has 4 nitrogen and oxygen atoms in total. The predicted octanol–water partition coefficient (Wildman–Crippen LogP) is 2.88. The molecular formula is C15H24N2O2S. The van der Waals surface area contributed by atoms with E-state index in [9.17, 15) is 0 Å². The number of hydrazine groups is 1. The molecule has 5 heteroatoms. The molecule has 1 aromatic carbocycles. The average molecular weight is 296 g/mol. The molecule has 1 aliphatic carbocycles. The number of nitrogens with two attached hydrogens (primary N) is 1. The fraction of sp³-hybridized carbons (Fsp3) is 0.600. The van der Waals surface area contributed by atoms with Crippen molar-refractivity contribution in [2.45, 2.75) is 37.0 Å². The molecule has 0 bridgehead atoms. The number of hydrogen-bond acceptors (Lipinski definition) is 5. The molecule has 1 unspecified atom stereocenters. The Kier molecular flexibility index (Phi) is 6.01. The summed E-state index contributed by atoms with van der Waals surface area (Å²) in [7, 11) is 3.35. The highest BCUT2D eigenvalue weighted by Crippen LogP contribution is 2.35. The zero-order valence-corrected chi connectivity index (χ0v) is 13.0. The molecule has 1 aliphatic rings. The second-order valence-corrected chi connectivity index (χ2v) is 6.40. The summed E-state index contributed by atoms with van der Waals surface area (Å²) in [6.45, 7) is 0. The number of methoxy groups -OCH3 is 2. The van der Waals surface area contributed by atoms with Crippen molar-refractivity contribution in [3.63, 3.8) is 0 Å². The van der Waals surface area contributed by atoms with Crippen molar-refractivity contribution in [3.05, 3.63) is 23.8 Å². The lowest BCUT2D eigenvalue weighted by Gasteiger charge is -2.21. The minimum Gasteiger partial charge on any atom is -0.497 e. The second kappa shape index (κ2) is 7.76. The van der Waals surface area contributed by atoms with Crippen LogP contribution in [-0.2, 0) is 0 Å². The molecule has 2 rings (SSSR count). The van der Waals surface area contributed by atoms with Crippen LogP contribution in [-0.4, -0.2) is 25.2 Å². The second-order valence-electron chi connectivity index (χ2n) is 5.07. The van der Waals surface area contributed by atoms with Gasteiger partial charge in [-0.25, -0.2) is 0 Å². The molecule has 1 aromatic rings. The van der Waals surface area contributed by atoms with Gasteiger partial charge in [-0.1, -0.05) is 12.8 Å². The van der Waals surface area contributed by atoms with Crippen LogP contribution in [0.3, 0.4) is 0 Å². The van der Waals surface area contributed by atoms with Crippen LogP contribution >= 0.6 is 11.8 Å². The predicted molar refractivity (Wildman–Crippen MR) is 84.3 cm³/mol. The Hall–Kier alpha value is -0.910. The van der Waals surface area contributed by atoms with E-state index in [1.807, 2.05) is 30.0 Å². The molecule has 0 radical (unpaired) electrons. The van der Waals surface area contributed by atoms with Crippen LogP contribution in [0.1, 0.15) is 37.3 Å². The molecule has 0 heterocycles. The summed E-state index contributed by atoms with van der Waals surface area (Å²) in [6, 6.07) is 5.91. The number of rotatable bonds is 7. The molecular weight excluding hydrogens is 272 g/mol. The van der Waals surface area contributed by atoms with E-state index in [0.717, 1.165) is 28.1 Å². The van der Waals surface area contributed by atoms with Crippen molar-refractivity contribution in [1.29, 1.82) is 0 Å². The summed E-state index contributed by atoms with van der Waals surface area (Å²) in [5.41, 5.74) is 3.97. The number of nitrogens with one attached hydrogen (secondary N) is 1. The Bertz CT molecular complexity index is 422. The number of benzene rings is 1. The van der Waals surface area contributed by atoms with Gasteiger partial charge in [-0.05, 0) is 31.0 Å². The zero-order chi connectivity index (χ0) is 14.4. The van der Waals surface area contributed by atoms with Crippen LogP contribution in [0, 0.1) is 0 Å². The maximum atomic E-state index is 5.74. The van der Waals surface area contributed by atoms with Crippen molar-refractivity contribution in [2.75, 3.05) is 20.0 Å². The average Bonchev–Trinajstić information content (AvgIpc) is 3.01. The Balaban J connectivity index is 2.08. The number of hydrogen-bond donors (Lipinski definition) is 2. The minimum atomic E-state index is 0.0747. The summed E-state index contributed by atoms with van der Waals surface area (Å²) in [6.07, 6.45) is 5.39. The van der Waals surface area contributed by atoms with E-state index in [1.165, 1.54) is 25.7 Å². The van der Waals surface area contributed by atoms with E-state index in [1.54, 1.807) is 14.2 Å². The lowest BCUT2D eigenvalue weighted by molar-refractivity contribution is 0.392. The molecule has 0 aromatic heterocycles. The topological polar surface area (TPSA) is 56.5 Å². The van der Waals surface area contributed by atoms with Crippen molar-refractivity contribution in [1.82, 2.24) is 5.43 Å². The highest BCUT2D eigenvalue weighted by atomic mass is 32.2. The monoisotopic (exact) mass is 296 g/mol. The molecule has 20 heavy (non-hydrogen) atoms. The molecule has 112 valence electrons. The summed E-state index contributed by atoms with van der Waals surface area (Å²) in [4.78, 5) is 0. The molecule has 1 fully saturated rings. The van der Waals surface area contributed by atoms with Gasteiger partial charge in [0, 0.05) is 16.6 Å². The van der Waals surface area contributed by atoms with E-state index in [0.29, 0.717) is 0 Å². The van der Waals surface area contributed by atoms with Crippen LogP contribution < -0.4 is 20.7 Å². The van der Waals surface area contributed by atoms with Gasteiger partial charge < -0.3 is 9.47 Å². The van der Waals surface area contributed by atoms with Gasteiger partial charge in [0.15, 0.2) is 0 Å². The quantitative estimate of drug-likeness (QED) is 0.598. The molecule has 0 spiro atoms. The summed E-state index contributed by atoms with van der Waals surface area (Å²) in [5.74, 6) is 8.37. The van der Waals surface area contributed by atoms with Crippen molar-refractivity contribution in [3.8, 4) is 11.5 Å². The third-order valence-electron chi connectivity index (χ3n) is 3.81. The Morgan fingerprint density at radius 3 is 2.65 bits per heavy atom. The summed E-state index contributed by atoms with van der Waals surface area (Å²) < 4.78 is 10.7. The first-order chi connectivity index (χ1) is 9.78. The number of thioether (sulfide) groups is 1. The fourth-order valence-electron chi connectivity index (χ4n) is 2.63. The SMILES string of the molecule is COc1ccc(OC)c(C(CSC2CCCC2)NN)c1. The van der Waals surface area contributed by atoms with Crippen molar-refractivity contribution >= 4 is 11.8 Å². The zero-order valence-electron chi connectivity index (χ0n) is 12.2. The van der Waals surface area contributed by atoms with Gasteiger partial charge in [-0.15, -0.1) is 0 Å². The summed E-state index contributed by atoms with van der Waals surface area (Å²) >= 11 is 2.01. The highest BCUT2D eigenvalue weighted by Gasteiger charge is 2.20. The fourth-order valence-corrected chi connectivity index (χ4v) is 4.03. The van der Waals surface area contributed by atoms with E-state index in [2.05, 4.69) is 5.43 Å². The molecule has 0 saturated heterocycles. The standard InChI is InChI=1S/C15H24N2O2S/c1-18-11-7-8-15(19-2)13(9-11)14(17-16)10-20-12-5-3-4-6-12/h7-9,12,14,17H,3-6,10,16H2,1-2H3. The van der Waals surface area contributed by atoms with Crippen LogP contribution in [0.5, 0.6) is 11.5 Å². The molecule has 3 N–H and O–H groups in total. The van der Waals surface area contributed by atoms with E-state index >= 15 is 0 Å². The molecule has 0 aliphatic heterocycles. The smallest absolute Gasteiger partial charge is 0.123 e. The highest BCUT2D eigenvalue weighted by molar-refractivity contribution is 7.99. The van der Waals surface area contributed by atoms with Gasteiger partial charge >= 0.3 is 0 Å². The van der Waals surface area contributed by atoms with Gasteiger partial charge in [-0.2, -0.15) is 11.8 Å². The van der Waals surface area contributed by atoms with Gasteiger partial charge in [0.25, 0.3) is 0 Å². The number of ether oxygens (including phenoxy) is 2.